The van der Waals surface area contributed by atoms with Gasteiger partial charge in [0.1, 0.15) is 6.26 Å². The zero-order chi connectivity index (χ0) is 14.8. The monoisotopic (exact) mass is 290 g/mol. The predicted octanol–water partition coefficient (Wildman–Crippen LogP) is 1.26. The average Bonchev–Trinajstić information content (AvgIpc) is 2.91. The van der Waals surface area contributed by atoms with E-state index in [2.05, 4.69) is 6.08 Å². The maximum Gasteiger partial charge on any atom is 0.417 e. The van der Waals surface area contributed by atoms with E-state index in [1.165, 1.54) is 17.4 Å². The second kappa shape index (κ2) is 5.35. The van der Waals surface area contributed by atoms with Crippen LogP contribution in [0.5, 0.6) is 0 Å². The minimum absolute atomic E-state index is 0.00951. The van der Waals surface area contributed by atoms with Gasteiger partial charge in [-0.15, -0.1) is 0 Å². The number of ether oxygens (including phenoxy) is 3. The fourth-order valence-corrected chi connectivity index (χ4v) is 2.17. The average molecular weight is 290 g/mol. The highest BCUT2D eigenvalue weighted by atomic mass is 16.6. The van der Waals surface area contributed by atoms with Gasteiger partial charge in [0.25, 0.3) is 5.91 Å². The number of primary amides is 1. The van der Waals surface area contributed by atoms with Crippen molar-refractivity contribution in [3.8, 4) is 0 Å². The second-order valence-corrected chi connectivity index (χ2v) is 4.72. The Morgan fingerprint density at radius 2 is 2.24 bits per heavy atom. The molecule has 110 valence electrons. The van der Waals surface area contributed by atoms with E-state index in [-0.39, 0.29) is 12.4 Å². The van der Waals surface area contributed by atoms with Gasteiger partial charge in [-0.1, -0.05) is 18.2 Å². The Labute approximate surface area is 120 Å². The van der Waals surface area contributed by atoms with Crippen LogP contribution in [0.3, 0.4) is 0 Å². The van der Waals surface area contributed by atoms with Crippen LogP contribution in [-0.4, -0.2) is 29.5 Å². The molecule has 0 saturated carbocycles. The highest BCUT2D eigenvalue weighted by molar-refractivity contribution is 5.85. The lowest BCUT2D eigenvalue weighted by Crippen LogP contribution is -2.33. The predicted molar refractivity (Wildman–Crippen MR) is 71.0 cm³/mol. The summed E-state index contributed by atoms with van der Waals surface area (Å²) in [6, 6.07) is 0. The molecule has 1 saturated heterocycles. The number of nitrogens with zero attached hydrogens (tertiary/aromatic N) is 1. The van der Waals surface area contributed by atoms with Crippen LogP contribution in [0.1, 0.15) is 12.8 Å². The maximum absolute atomic E-state index is 11.7. The van der Waals surface area contributed by atoms with Crippen LogP contribution in [0, 0.1) is 0 Å². The number of carbonyl (C=O) groups is 2. The van der Waals surface area contributed by atoms with Crippen LogP contribution < -0.4 is 5.73 Å². The van der Waals surface area contributed by atoms with E-state index in [1.54, 1.807) is 0 Å². The molecule has 0 radical (unpaired) electrons. The molecule has 0 aromatic heterocycles. The summed E-state index contributed by atoms with van der Waals surface area (Å²) in [5, 5.41) is 0. The number of cyclic esters (lactones) is 1. The van der Waals surface area contributed by atoms with Gasteiger partial charge in [-0.05, 0) is 18.4 Å². The molecule has 1 aliphatic carbocycles. The third-order valence-electron chi connectivity index (χ3n) is 3.28. The van der Waals surface area contributed by atoms with Crippen molar-refractivity contribution in [2.45, 2.75) is 18.9 Å². The molecule has 0 unspecified atom stereocenters. The molecule has 3 rings (SSSR count). The Balaban J connectivity index is 1.72. The number of nitrogens with two attached hydrogens (primary N) is 1. The molecule has 1 fully saturated rings. The molecule has 7 nitrogen and oxygen atoms in total. The summed E-state index contributed by atoms with van der Waals surface area (Å²) < 4.78 is 15.8. The Kier molecular flexibility index (Phi) is 3.39. The lowest BCUT2D eigenvalue weighted by Gasteiger charge is -2.23. The van der Waals surface area contributed by atoms with E-state index in [0.717, 1.165) is 18.4 Å². The van der Waals surface area contributed by atoms with Crippen molar-refractivity contribution in [3.63, 3.8) is 0 Å². The zero-order valence-electron chi connectivity index (χ0n) is 11.2. The summed E-state index contributed by atoms with van der Waals surface area (Å²) in [6.07, 6.45) is 8.76. The second-order valence-electron chi connectivity index (χ2n) is 4.72. The molecule has 2 heterocycles. The van der Waals surface area contributed by atoms with Crippen LogP contribution in [-0.2, 0) is 19.0 Å². The Morgan fingerprint density at radius 3 is 2.90 bits per heavy atom. The van der Waals surface area contributed by atoms with E-state index >= 15 is 0 Å². The van der Waals surface area contributed by atoms with Crippen LogP contribution in [0.4, 0.5) is 4.79 Å². The van der Waals surface area contributed by atoms with Gasteiger partial charge in [0.05, 0.1) is 6.54 Å². The molecule has 7 heteroatoms. The first kappa shape index (κ1) is 13.3. The molecule has 2 aliphatic heterocycles. The van der Waals surface area contributed by atoms with Gasteiger partial charge in [0.15, 0.2) is 18.1 Å². The summed E-state index contributed by atoms with van der Waals surface area (Å²) >= 11 is 0. The van der Waals surface area contributed by atoms with Crippen molar-refractivity contribution < 1.29 is 23.8 Å². The first-order valence-electron chi connectivity index (χ1n) is 6.52. The third kappa shape index (κ3) is 2.62. The van der Waals surface area contributed by atoms with Gasteiger partial charge in [0, 0.05) is 0 Å². The number of carbonyl (C=O) groups excluding carboxylic acids is 2. The summed E-state index contributed by atoms with van der Waals surface area (Å²) in [5.41, 5.74) is 6.11. The maximum atomic E-state index is 11.7. The minimum Gasteiger partial charge on any atom is -0.463 e. The van der Waals surface area contributed by atoms with Crippen molar-refractivity contribution in [3.05, 3.63) is 48.0 Å². The lowest BCUT2D eigenvalue weighted by molar-refractivity contribution is -0.124. The molecule has 1 atom stereocenters. The topological polar surface area (TPSA) is 91.1 Å². The zero-order valence-corrected chi connectivity index (χ0v) is 11.2. The van der Waals surface area contributed by atoms with E-state index in [0.29, 0.717) is 5.76 Å². The molecule has 0 spiro atoms. The summed E-state index contributed by atoms with van der Waals surface area (Å²) in [6.45, 7) is 0.00951. The Morgan fingerprint density at radius 1 is 1.38 bits per heavy atom. The first-order chi connectivity index (χ1) is 10.1. The van der Waals surface area contributed by atoms with Gasteiger partial charge in [-0.25, -0.2) is 9.69 Å². The summed E-state index contributed by atoms with van der Waals surface area (Å²) in [5.74, 6) is 0.0166. The van der Waals surface area contributed by atoms with Gasteiger partial charge < -0.3 is 19.9 Å². The van der Waals surface area contributed by atoms with Gasteiger partial charge >= 0.3 is 6.09 Å². The van der Waals surface area contributed by atoms with E-state index in [9.17, 15) is 9.59 Å². The van der Waals surface area contributed by atoms with E-state index < -0.39 is 18.1 Å². The molecular weight excluding hydrogens is 276 g/mol. The van der Waals surface area contributed by atoms with Crippen molar-refractivity contribution in [2.24, 2.45) is 5.73 Å². The number of amides is 2. The van der Waals surface area contributed by atoms with E-state index in [1.807, 2.05) is 12.2 Å². The molecule has 2 N–H and O–H groups in total. The highest BCUT2D eigenvalue weighted by Crippen LogP contribution is 2.29. The SMILES string of the molecule is NC(=O)[C@H]1CN(C2=COC=C(C3=CC=CCC3)O2)C(=O)O1. The Hall–Kier alpha value is -2.70. The van der Waals surface area contributed by atoms with E-state index in [4.69, 9.17) is 19.9 Å². The molecule has 2 amide bonds. The van der Waals surface area contributed by atoms with Crippen LogP contribution >= 0.6 is 0 Å². The third-order valence-corrected chi connectivity index (χ3v) is 3.28. The fourth-order valence-electron chi connectivity index (χ4n) is 2.17. The number of hydrogen-bond donors (Lipinski definition) is 1. The molecule has 0 aromatic rings. The quantitative estimate of drug-likeness (QED) is 0.844. The minimum atomic E-state index is -0.979. The number of rotatable bonds is 3. The molecule has 21 heavy (non-hydrogen) atoms. The molecule has 3 aliphatic rings. The lowest BCUT2D eigenvalue weighted by atomic mass is 10.0. The number of hydrogen-bond acceptors (Lipinski definition) is 5. The largest absolute Gasteiger partial charge is 0.463 e. The van der Waals surface area contributed by atoms with Crippen LogP contribution in [0.25, 0.3) is 0 Å². The standard InChI is InChI=1S/C14H14N2O5/c15-13(17)10-6-16(14(18)21-10)12-8-19-7-11(20-12)9-4-2-1-3-5-9/h1-2,4,7-8,10H,3,5-6H2,(H2,15,17)/t10-/m1/s1. The smallest absolute Gasteiger partial charge is 0.417 e. The van der Waals surface area contributed by atoms with Crippen molar-refractivity contribution in [1.82, 2.24) is 4.90 Å². The Bertz CT molecular complexity index is 602. The van der Waals surface area contributed by atoms with Crippen molar-refractivity contribution >= 4 is 12.0 Å². The fraction of sp³-hybridized carbons (Fsp3) is 0.286. The van der Waals surface area contributed by atoms with Crippen molar-refractivity contribution in [1.29, 1.82) is 0 Å². The summed E-state index contributed by atoms with van der Waals surface area (Å²) in [7, 11) is 0. The van der Waals surface area contributed by atoms with Gasteiger partial charge in [-0.3, -0.25) is 4.79 Å². The van der Waals surface area contributed by atoms with Crippen LogP contribution in [0.2, 0.25) is 0 Å². The molecule has 0 bridgehead atoms. The van der Waals surface area contributed by atoms with Crippen LogP contribution in [0.15, 0.2) is 48.0 Å². The van der Waals surface area contributed by atoms with Gasteiger partial charge in [-0.2, -0.15) is 0 Å². The first-order valence-corrected chi connectivity index (χ1v) is 6.52. The number of allylic oxidation sites excluding steroid dienone is 4. The summed E-state index contributed by atoms with van der Waals surface area (Å²) in [4.78, 5) is 24.0. The highest BCUT2D eigenvalue weighted by Gasteiger charge is 2.39. The normalized spacial score (nSPS) is 24.4. The van der Waals surface area contributed by atoms with Crippen molar-refractivity contribution in [2.75, 3.05) is 6.54 Å². The molecular formula is C14H14N2O5. The molecule has 0 aromatic carbocycles. The van der Waals surface area contributed by atoms with Gasteiger partial charge in [0.2, 0.25) is 5.88 Å².